The number of carbonyl (C=O) groups excluding carboxylic acids is 1. The molecule has 0 aliphatic heterocycles. The van der Waals surface area contributed by atoms with Gasteiger partial charge < -0.3 is 0 Å². The van der Waals surface area contributed by atoms with Crippen molar-refractivity contribution in [2.24, 2.45) is 0 Å². The number of carbonyl (C=O) groups is 1. The lowest BCUT2D eigenvalue weighted by Crippen LogP contribution is -2.26. The van der Waals surface area contributed by atoms with Gasteiger partial charge in [-0.15, -0.1) is 0 Å². The van der Waals surface area contributed by atoms with Crippen LogP contribution in [-0.4, -0.2) is 24.4 Å². The average Bonchev–Trinajstić information content (AvgIpc) is 2.49. The summed E-state index contributed by atoms with van der Waals surface area (Å²) in [7, 11) is 1.61. The fourth-order valence-corrected chi connectivity index (χ4v) is 1.81. The van der Waals surface area contributed by atoms with Gasteiger partial charge in [0, 0.05) is 5.57 Å². The molecule has 0 heterocycles. The number of urea groups is 1. The quantitative estimate of drug-likeness (QED) is 0.671. The van der Waals surface area contributed by atoms with Crippen LogP contribution in [0, 0.1) is 0 Å². The van der Waals surface area contributed by atoms with E-state index in [1.54, 1.807) is 13.2 Å². The summed E-state index contributed by atoms with van der Waals surface area (Å²) in [5.41, 5.74) is 3.05. The standard InChI is InChI=1S/C17H16N2O/c1-19(2)17(20)18-13-16(14-9-5-3-6-10-14)15-11-7-4-8-12-15/h3-13H,1H2,2H3/p+1. The normalized spacial score (nSPS) is 9.65. The molecule has 2 amide bonds. The van der Waals surface area contributed by atoms with Crippen molar-refractivity contribution in [3.8, 4) is 0 Å². The first-order valence-electron chi connectivity index (χ1n) is 6.34. The molecule has 0 spiro atoms. The van der Waals surface area contributed by atoms with Crippen molar-refractivity contribution in [2.45, 2.75) is 0 Å². The van der Waals surface area contributed by atoms with Gasteiger partial charge in [-0.25, -0.2) is 9.89 Å². The predicted molar refractivity (Wildman–Crippen MR) is 81.8 cm³/mol. The van der Waals surface area contributed by atoms with Crippen molar-refractivity contribution in [1.82, 2.24) is 5.32 Å². The van der Waals surface area contributed by atoms with Gasteiger partial charge in [0.2, 0.25) is 0 Å². The highest BCUT2D eigenvalue weighted by Gasteiger charge is 2.10. The molecular formula is C17H17N2O+. The summed E-state index contributed by atoms with van der Waals surface area (Å²) in [6.45, 7) is 3.55. The highest BCUT2D eigenvalue weighted by Crippen LogP contribution is 2.22. The Morgan fingerprint density at radius 1 is 1.00 bits per heavy atom. The zero-order valence-corrected chi connectivity index (χ0v) is 11.4. The van der Waals surface area contributed by atoms with Gasteiger partial charge in [0.15, 0.2) is 0 Å². The molecule has 2 aromatic carbocycles. The number of rotatable bonds is 3. The lowest BCUT2D eigenvalue weighted by molar-refractivity contribution is -0.383. The van der Waals surface area contributed by atoms with E-state index in [-0.39, 0.29) is 6.03 Å². The molecule has 0 atom stereocenters. The van der Waals surface area contributed by atoms with E-state index in [4.69, 9.17) is 0 Å². The summed E-state index contributed by atoms with van der Waals surface area (Å²) in [6.07, 6.45) is 1.72. The molecule has 3 heteroatoms. The lowest BCUT2D eigenvalue weighted by atomic mass is 9.99. The second kappa shape index (κ2) is 6.48. The third kappa shape index (κ3) is 3.42. The maximum atomic E-state index is 11.6. The van der Waals surface area contributed by atoms with Crippen LogP contribution in [0.2, 0.25) is 0 Å². The van der Waals surface area contributed by atoms with Crippen LogP contribution in [0.25, 0.3) is 5.57 Å². The highest BCUT2D eigenvalue weighted by atomic mass is 16.2. The first kappa shape index (κ1) is 13.7. The van der Waals surface area contributed by atoms with Gasteiger partial charge in [0.25, 0.3) is 0 Å². The van der Waals surface area contributed by atoms with Gasteiger partial charge in [-0.1, -0.05) is 60.7 Å². The molecular weight excluding hydrogens is 248 g/mol. The second-order valence-corrected chi connectivity index (χ2v) is 4.44. The SMILES string of the molecule is C=[N+](C)C(=O)NC=C(c1ccccc1)c1ccccc1. The van der Waals surface area contributed by atoms with Gasteiger partial charge in [-0.05, 0) is 11.1 Å². The van der Waals surface area contributed by atoms with Crippen LogP contribution in [0.4, 0.5) is 4.79 Å². The molecule has 0 fully saturated rings. The van der Waals surface area contributed by atoms with Crippen LogP contribution in [0.15, 0.2) is 66.9 Å². The van der Waals surface area contributed by atoms with E-state index in [0.717, 1.165) is 16.7 Å². The smallest absolute Gasteiger partial charge is 0.210 e. The minimum atomic E-state index is -0.255. The molecule has 0 aliphatic carbocycles. The molecule has 3 nitrogen and oxygen atoms in total. The van der Waals surface area contributed by atoms with Crippen LogP contribution in [0.3, 0.4) is 0 Å². The summed E-state index contributed by atoms with van der Waals surface area (Å²) in [6, 6.07) is 19.6. The largest absolute Gasteiger partial charge is 0.494 e. The molecule has 0 unspecified atom stereocenters. The fourth-order valence-electron chi connectivity index (χ4n) is 1.81. The molecule has 2 aromatic rings. The van der Waals surface area contributed by atoms with Crippen molar-refractivity contribution >= 4 is 18.3 Å². The average molecular weight is 265 g/mol. The molecule has 0 saturated heterocycles. The Morgan fingerprint density at radius 3 is 1.85 bits per heavy atom. The minimum absolute atomic E-state index is 0.255. The highest BCUT2D eigenvalue weighted by molar-refractivity contribution is 5.81. The first-order valence-corrected chi connectivity index (χ1v) is 6.34. The molecule has 100 valence electrons. The van der Waals surface area contributed by atoms with Crippen LogP contribution in [-0.2, 0) is 0 Å². The van der Waals surface area contributed by atoms with E-state index < -0.39 is 0 Å². The molecule has 0 aliphatic rings. The zero-order valence-electron chi connectivity index (χ0n) is 11.4. The number of nitrogens with zero attached hydrogens (tertiary/aromatic N) is 1. The van der Waals surface area contributed by atoms with Crippen molar-refractivity contribution in [1.29, 1.82) is 0 Å². The Kier molecular flexibility index (Phi) is 4.45. The Bertz CT molecular complexity index is 589. The third-order valence-corrected chi connectivity index (χ3v) is 2.86. The second-order valence-electron chi connectivity index (χ2n) is 4.44. The number of hydrogen-bond acceptors (Lipinski definition) is 1. The first-order chi connectivity index (χ1) is 9.68. The van der Waals surface area contributed by atoms with Gasteiger partial charge in [-0.3, -0.25) is 0 Å². The van der Waals surface area contributed by atoms with Crippen molar-refractivity contribution < 1.29 is 9.37 Å². The van der Waals surface area contributed by atoms with Gasteiger partial charge in [0.05, 0.1) is 20.0 Å². The molecule has 0 bridgehead atoms. The van der Waals surface area contributed by atoms with Crippen LogP contribution < -0.4 is 5.32 Å². The van der Waals surface area contributed by atoms with Gasteiger partial charge in [-0.2, -0.15) is 4.79 Å². The van der Waals surface area contributed by atoms with Crippen molar-refractivity contribution in [2.75, 3.05) is 7.05 Å². The molecule has 0 radical (unpaired) electrons. The monoisotopic (exact) mass is 265 g/mol. The summed E-state index contributed by atoms with van der Waals surface area (Å²) >= 11 is 0. The van der Waals surface area contributed by atoms with Gasteiger partial charge >= 0.3 is 6.03 Å². The third-order valence-electron chi connectivity index (χ3n) is 2.86. The fraction of sp³-hybridized carbons (Fsp3) is 0.0588. The number of benzene rings is 2. The Hall–Kier alpha value is -2.68. The van der Waals surface area contributed by atoms with E-state index in [9.17, 15) is 4.79 Å². The van der Waals surface area contributed by atoms with Crippen molar-refractivity contribution in [3.05, 3.63) is 78.0 Å². The Labute approximate surface area is 118 Å². The van der Waals surface area contributed by atoms with Crippen LogP contribution in [0.5, 0.6) is 0 Å². The minimum Gasteiger partial charge on any atom is -0.210 e. The topological polar surface area (TPSA) is 32.1 Å². The summed E-state index contributed by atoms with van der Waals surface area (Å²) in [4.78, 5) is 11.6. The number of nitrogens with one attached hydrogen (secondary N) is 1. The summed E-state index contributed by atoms with van der Waals surface area (Å²) in [5, 5.41) is 2.74. The maximum absolute atomic E-state index is 11.6. The zero-order chi connectivity index (χ0) is 14.4. The van der Waals surface area contributed by atoms with Crippen LogP contribution >= 0.6 is 0 Å². The van der Waals surface area contributed by atoms with Crippen molar-refractivity contribution in [3.63, 3.8) is 0 Å². The van der Waals surface area contributed by atoms with E-state index in [1.807, 2.05) is 60.7 Å². The number of hydrogen-bond donors (Lipinski definition) is 1. The summed E-state index contributed by atoms with van der Waals surface area (Å²) < 4.78 is 1.25. The van der Waals surface area contributed by atoms with E-state index in [1.165, 1.54) is 4.58 Å². The van der Waals surface area contributed by atoms with Gasteiger partial charge in [0.1, 0.15) is 0 Å². The number of amides is 2. The van der Waals surface area contributed by atoms with Crippen LogP contribution in [0.1, 0.15) is 11.1 Å². The predicted octanol–water partition coefficient (Wildman–Crippen LogP) is 3.13. The molecule has 20 heavy (non-hydrogen) atoms. The Morgan fingerprint density at radius 2 is 1.45 bits per heavy atom. The molecule has 2 rings (SSSR count). The molecule has 0 aromatic heterocycles. The summed E-state index contributed by atoms with van der Waals surface area (Å²) in [5.74, 6) is 0. The van der Waals surface area contributed by atoms with E-state index in [2.05, 4.69) is 12.0 Å². The lowest BCUT2D eigenvalue weighted by Gasteiger charge is -2.06. The maximum Gasteiger partial charge on any atom is 0.494 e. The Balaban J connectivity index is 2.38. The van der Waals surface area contributed by atoms with E-state index >= 15 is 0 Å². The molecule has 1 N–H and O–H groups in total. The van der Waals surface area contributed by atoms with E-state index in [0.29, 0.717) is 0 Å². The molecule has 0 saturated carbocycles.